The van der Waals surface area contributed by atoms with Gasteiger partial charge in [0.05, 0.1) is 5.75 Å². The molecule has 0 saturated carbocycles. The molecule has 2 atom stereocenters. The Bertz CT molecular complexity index is 1170. The van der Waals surface area contributed by atoms with Gasteiger partial charge in [0.25, 0.3) is 17.7 Å². The van der Waals surface area contributed by atoms with Gasteiger partial charge in [-0.2, -0.15) is 10.6 Å². The Morgan fingerprint density at radius 1 is 1.00 bits per heavy atom. The van der Waals surface area contributed by atoms with Crippen molar-refractivity contribution in [3.05, 3.63) is 70.8 Å². The van der Waals surface area contributed by atoms with Crippen LogP contribution in [0.3, 0.4) is 0 Å². The zero-order chi connectivity index (χ0) is 27.2. The maximum atomic E-state index is 12.8. The third kappa shape index (κ3) is 7.31. The van der Waals surface area contributed by atoms with Gasteiger partial charge in [-0.05, 0) is 55.4 Å². The standard InChI is InChI=1S/C26H32N4O6S/c1-27-24(31)23(25(32)28-34)30(3)26(33)21-12-10-19(11-13-21)5-4-18-6-8-20(9-7-18)16-29(2)22-14-15-37(35,36)17-22/h6-13,22-23,34-36H,14-17H2,1-3H3,(H,27,31)(H,28,32). The summed E-state index contributed by atoms with van der Waals surface area (Å²) in [5.74, 6) is 4.71. The number of likely N-dealkylation sites (N-methyl/N-ethyl adjacent to an activating group) is 2. The largest absolute Gasteiger partial charge is 0.357 e. The molecule has 10 nitrogen and oxygen atoms in total. The molecule has 2 aromatic carbocycles. The van der Waals surface area contributed by atoms with Crippen LogP contribution < -0.4 is 10.8 Å². The van der Waals surface area contributed by atoms with Gasteiger partial charge < -0.3 is 10.2 Å². The van der Waals surface area contributed by atoms with Crippen LogP contribution in [-0.4, -0.2) is 86.6 Å². The molecule has 0 bridgehead atoms. The second-order valence-corrected chi connectivity index (χ2v) is 11.3. The Labute approximate surface area is 218 Å². The number of hydrogen-bond donors (Lipinski definition) is 5. The van der Waals surface area contributed by atoms with E-state index in [0.717, 1.165) is 22.4 Å². The summed E-state index contributed by atoms with van der Waals surface area (Å²) in [6.07, 6.45) is 0.787. The monoisotopic (exact) mass is 528 g/mol. The second-order valence-electron chi connectivity index (χ2n) is 8.96. The summed E-state index contributed by atoms with van der Waals surface area (Å²) in [6, 6.07) is 12.9. The first kappa shape index (κ1) is 28.2. The fourth-order valence-electron chi connectivity index (χ4n) is 4.09. The van der Waals surface area contributed by atoms with Crippen LogP contribution in [0.1, 0.15) is 33.5 Å². The third-order valence-electron chi connectivity index (χ3n) is 6.29. The highest BCUT2D eigenvalue weighted by atomic mass is 32.3. The number of carbonyl (C=O) groups is 3. The van der Waals surface area contributed by atoms with Crippen molar-refractivity contribution in [3.63, 3.8) is 0 Å². The van der Waals surface area contributed by atoms with Crippen LogP contribution in [0, 0.1) is 11.8 Å². The molecule has 1 saturated heterocycles. The molecular formula is C26H32N4O6S. The van der Waals surface area contributed by atoms with Crippen LogP contribution in [0.2, 0.25) is 0 Å². The van der Waals surface area contributed by atoms with Gasteiger partial charge in [-0.3, -0.25) is 33.6 Å². The second kappa shape index (κ2) is 12.2. The van der Waals surface area contributed by atoms with Crippen molar-refractivity contribution in [2.45, 2.75) is 25.0 Å². The first-order valence-corrected chi connectivity index (χ1v) is 13.5. The van der Waals surface area contributed by atoms with E-state index in [0.29, 0.717) is 23.6 Å². The van der Waals surface area contributed by atoms with Crippen LogP contribution in [0.5, 0.6) is 0 Å². The number of nitrogens with zero attached hydrogens (tertiary/aromatic N) is 2. The molecule has 0 spiro atoms. The highest BCUT2D eigenvalue weighted by Crippen LogP contribution is 2.47. The van der Waals surface area contributed by atoms with E-state index in [1.165, 1.54) is 19.6 Å². The maximum Gasteiger partial charge on any atom is 0.275 e. The molecule has 2 unspecified atom stereocenters. The Hall–Kier alpha value is -3.40. The van der Waals surface area contributed by atoms with Crippen molar-refractivity contribution in [2.24, 2.45) is 0 Å². The number of nitrogens with one attached hydrogen (secondary N) is 2. The molecule has 1 heterocycles. The minimum absolute atomic E-state index is 0.167. The molecular weight excluding hydrogens is 496 g/mol. The van der Waals surface area contributed by atoms with Crippen molar-refractivity contribution in [3.8, 4) is 11.8 Å². The number of amides is 3. The normalized spacial score (nSPS) is 17.8. The summed E-state index contributed by atoms with van der Waals surface area (Å²) < 4.78 is 19.7. The number of rotatable bonds is 7. The first-order valence-electron chi connectivity index (χ1n) is 11.6. The van der Waals surface area contributed by atoms with Gasteiger partial charge in [0.2, 0.25) is 0 Å². The summed E-state index contributed by atoms with van der Waals surface area (Å²) in [7, 11) is 2.20. The lowest BCUT2D eigenvalue weighted by molar-refractivity contribution is -0.140. The van der Waals surface area contributed by atoms with Gasteiger partial charge in [-0.15, -0.1) is 0 Å². The van der Waals surface area contributed by atoms with E-state index >= 15 is 0 Å². The number of hydrogen-bond acceptors (Lipinski definition) is 7. The van der Waals surface area contributed by atoms with Gasteiger partial charge in [0.1, 0.15) is 0 Å². The van der Waals surface area contributed by atoms with Crippen molar-refractivity contribution in [1.29, 1.82) is 0 Å². The zero-order valence-corrected chi connectivity index (χ0v) is 21.8. The average molecular weight is 529 g/mol. The maximum absolute atomic E-state index is 12.8. The van der Waals surface area contributed by atoms with Gasteiger partial charge in [-0.1, -0.05) is 24.0 Å². The SMILES string of the molecule is CNC(=O)C(C(=O)NO)N(C)C(=O)c1ccc(C#Cc2ccc(CN(C)C3CCS(O)(O)C3)cc2)cc1. The molecule has 3 rings (SSSR count). The molecule has 0 radical (unpaired) electrons. The number of benzene rings is 2. The van der Waals surface area contributed by atoms with Crippen molar-refractivity contribution in [1.82, 2.24) is 20.6 Å². The minimum atomic E-state index is -2.42. The molecule has 37 heavy (non-hydrogen) atoms. The Kier molecular flexibility index (Phi) is 9.31. The molecule has 1 fully saturated rings. The molecule has 2 aromatic rings. The molecule has 11 heteroatoms. The smallest absolute Gasteiger partial charge is 0.275 e. The Balaban J connectivity index is 1.62. The predicted molar refractivity (Wildman–Crippen MR) is 141 cm³/mol. The van der Waals surface area contributed by atoms with Gasteiger partial charge in [0.15, 0.2) is 6.04 Å². The quantitative estimate of drug-likeness (QED) is 0.159. The lowest BCUT2D eigenvalue weighted by Gasteiger charge is -2.29. The lowest BCUT2D eigenvalue weighted by atomic mass is 10.1. The van der Waals surface area contributed by atoms with E-state index < -0.39 is 34.4 Å². The first-order chi connectivity index (χ1) is 17.5. The van der Waals surface area contributed by atoms with Crippen LogP contribution in [0.25, 0.3) is 0 Å². The van der Waals surface area contributed by atoms with Crippen molar-refractivity contribution in [2.75, 3.05) is 32.6 Å². The van der Waals surface area contributed by atoms with Crippen LogP contribution in [0.4, 0.5) is 0 Å². The van der Waals surface area contributed by atoms with E-state index in [1.807, 2.05) is 31.3 Å². The topological polar surface area (TPSA) is 142 Å². The fraction of sp³-hybridized carbons (Fsp3) is 0.346. The summed E-state index contributed by atoms with van der Waals surface area (Å²) >= 11 is 0. The van der Waals surface area contributed by atoms with E-state index in [1.54, 1.807) is 24.3 Å². The van der Waals surface area contributed by atoms with Gasteiger partial charge >= 0.3 is 0 Å². The van der Waals surface area contributed by atoms with Crippen LogP contribution >= 0.6 is 10.6 Å². The predicted octanol–water partition coefficient (Wildman–Crippen LogP) is 1.73. The lowest BCUT2D eigenvalue weighted by Crippen LogP contribution is -2.54. The van der Waals surface area contributed by atoms with E-state index in [4.69, 9.17) is 5.21 Å². The van der Waals surface area contributed by atoms with Crippen LogP contribution in [-0.2, 0) is 16.1 Å². The van der Waals surface area contributed by atoms with Crippen molar-refractivity contribution >= 4 is 28.3 Å². The molecule has 1 aliphatic heterocycles. The summed E-state index contributed by atoms with van der Waals surface area (Å²) in [5, 5.41) is 11.2. The van der Waals surface area contributed by atoms with Gasteiger partial charge in [-0.25, -0.2) is 5.48 Å². The minimum Gasteiger partial charge on any atom is -0.357 e. The number of hydroxylamine groups is 1. The molecule has 0 aromatic heterocycles. The van der Waals surface area contributed by atoms with Gasteiger partial charge in [0, 0.05) is 49.1 Å². The van der Waals surface area contributed by atoms with Crippen molar-refractivity contribution < 1.29 is 28.7 Å². The zero-order valence-electron chi connectivity index (χ0n) is 21.0. The highest BCUT2D eigenvalue weighted by Gasteiger charge is 2.33. The Morgan fingerprint density at radius 3 is 2.05 bits per heavy atom. The third-order valence-corrected chi connectivity index (χ3v) is 8.10. The number of carbonyl (C=O) groups excluding carboxylic acids is 3. The molecule has 0 aliphatic carbocycles. The van der Waals surface area contributed by atoms with E-state index in [-0.39, 0.29) is 11.6 Å². The molecule has 1 aliphatic rings. The molecule has 5 N–H and O–H groups in total. The van der Waals surface area contributed by atoms with E-state index in [2.05, 4.69) is 22.1 Å². The summed E-state index contributed by atoms with van der Waals surface area (Å²) in [5.41, 5.74) is 4.27. The van der Waals surface area contributed by atoms with Crippen LogP contribution in [0.15, 0.2) is 48.5 Å². The Morgan fingerprint density at radius 2 is 1.57 bits per heavy atom. The molecule has 198 valence electrons. The average Bonchev–Trinajstić information content (AvgIpc) is 3.27. The highest BCUT2D eigenvalue weighted by molar-refractivity contribution is 8.24. The van der Waals surface area contributed by atoms with E-state index in [9.17, 15) is 23.5 Å². The summed E-state index contributed by atoms with van der Waals surface area (Å²) in [6.45, 7) is 0.707. The fourth-order valence-corrected chi connectivity index (χ4v) is 5.94. The molecule has 3 amide bonds. The summed E-state index contributed by atoms with van der Waals surface area (Å²) in [4.78, 5) is 39.7.